The minimum Gasteiger partial charge on any atom is -0.495 e. The number of piperazine rings is 1. The smallest absolute Gasteiger partial charge is 0.322 e. The molecule has 1 aliphatic heterocycles. The van der Waals surface area contributed by atoms with E-state index >= 15 is 0 Å². The van der Waals surface area contributed by atoms with Gasteiger partial charge in [0, 0.05) is 36.9 Å². The number of anilines is 2. The molecule has 26 heavy (non-hydrogen) atoms. The summed E-state index contributed by atoms with van der Waals surface area (Å²) in [4.78, 5) is 16.7. The largest absolute Gasteiger partial charge is 0.495 e. The lowest BCUT2D eigenvalue weighted by molar-refractivity contribution is 0.208. The molecule has 2 aromatic carbocycles. The molecule has 6 heteroatoms. The Morgan fingerprint density at radius 2 is 1.81 bits per heavy atom. The van der Waals surface area contributed by atoms with Gasteiger partial charge in [0.2, 0.25) is 0 Å². The number of hydrogen-bond donors (Lipinski definition) is 1. The number of nitrogens with zero attached hydrogens (tertiary/aromatic N) is 2. The number of hydrogen-bond acceptors (Lipinski definition) is 3. The summed E-state index contributed by atoms with van der Waals surface area (Å²) in [6.45, 7) is 6.85. The van der Waals surface area contributed by atoms with Crippen LogP contribution in [0.2, 0.25) is 5.02 Å². The Kier molecular flexibility index (Phi) is 5.57. The number of halogens is 1. The molecule has 3 rings (SSSR count). The van der Waals surface area contributed by atoms with Crippen molar-refractivity contribution in [3.8, 4) is 5.75 Å². The number of rotatable bonds is 3. The zero-order valence-electron chi connectivity index (χ0n) is 15.4. The summed E-state index contributed by atoms with van der Waals surface area (Å²) in [6.07, 6.45) is 0. The van der Waals surface area contributed by atoms with Crippen LogP contribution in [0.15, 0.2) is 36.4 Å². The summed E-state index contributed by atoms with van der Waals surface area (Å²) in [5.74, 6) is 0.664. The molecule has 0 aromatic heterocycles. The standard InChI is InChI=1S/C20H24ClN3O2/c1-14-4-7-19(26-3)18(12-14)22-20(25)24-10-8-23(9-11-24)16-6-5-15(2)17(21)13-16/h4-7,12-13H,8-11H2,1-3H3,(H,22,25). The number of carbonyl (C=O) groups excluding carboxylic acids is 1. The highest BCUT2D eigenvalue weighted by molar-refractivity contribution is 6.31. The van der Waals surface area contributed by atoms with E-state index in [9.17, 15) is 4.79 Å². The Bertz CT molecular complexity index is 802. The van der Waals surface area contributed by atoms with E-state index in [0.717, 1.165) is 34.9 Å². The maximum absolute atomic E-state index is 12.6. The Morgan fingerprint density at radius 3 is 2.46 bits per heavy atom. The molecule has 2 amide bonds. The molecule has 0 spiro atoms. The van der Waals surface area contributed by atoms with Crippen molar-refractivity contribution in [3.63, 3.8) is 0 Å². The van der Waals surface area contributed by atoms with Gasteiger partial charge in [-0.25, -0.2) is 4.79 Å². The lowest BCUT2D eigenvalue weighted by Crippen LogP contribution is -2.50. The molecule has 0 saturated carbocycles. The van der Waals surface area contributed by atoms with Gasteiger partial charge in [-0.15, -0.1) is 0 Å². The van der Waals surface area contributed by atoms with Crippen molar-refractivity contribution in [1.29, 1.82) is 0 Å². The molecule has 1 fully saturated rings. The number of benzene rings is 2. The van der Waals surface area contributed by atoms with Gasteiger partial charge in [0.1, 0.15) is 5.75 Å². The van der Waals surface area contributed by atoms with Gasteiger partial charge < -0.3 is 19.9 Å². The average molecular weight is 374 g/mol. The fraction of sp³-hybridized carbons (Fsp3) is 0.350. The van der Waals surface area contributed by atoms with Crippen LogP contribution >= 0.6 is 11.6 Å². The molecule has 0 radical (unpaired) electrons. The van der Waals surface area contributed by atoms with E-state index in [2.05, 4.69) is 16.3 Å². The topological polar surface area (TPSA) is 44.8 Å². The second-order valence-corrected chi connectivity index (χ2v) is 6.95. The number of amides is 2. The first-order valence-corrected chi connectivity index (χ1v) is 9.07. The number of ether oxygens (including phenoxy) is 1. The molecular weight excluding hydrogens is 350 g/mol. The van der Waals surface area contributed by atoms with Crippen LogP contribution in [0.5, 0.6) is 5.75 Å². The summed E-state index contributed by atoms with van der Waals surface area (Å²) < 4.78 is 5.33. The minimum absolute atomic E-state index is 0.101. The van der Waals surface area contributed by atoms with E-state index in [1.54, 1.807) is 7.11 Å². The SMILES string of the molecule is COc1ccc(C)cc1NC(=O)N1CCN(c2ccc(C)c(Cl)c2)CC1. The van der Waals surface area contributed by atoms with Crippen LogP contribution in [0, 0.1) is 13.8 Å². The fourth-order valence-corrected chi connectivity index (χ4v) is 3.23. The molecule has 0 aliphatic carbocycles. The molecule has 0 atom stereocenters. The number of methoxy groups -OCH3 is 1. The van der Waals surface area contributed by atoms with E-state index < -0.39 is 0 Å². The molecule has 1 aliphatic rings. The van der Waals surface area contributed by atoms with Crippen molar-refractivity contribution < 1.29 is 9.53 Å². The fourth-order valence-electron chi connectivity index (χ4n) is 3.06. The molecule has 138 valence electrons. The zero-order chi connectivity index (χ0) is 18.7. The molecular formula is C20H24ClN3O2. The number of aryl methyl sites for hydroxylation is 2. The maximum atomic E-state index is 12.6. The van der Waals surface area contributed by atoms with E-state index in [4.69, 9.17) is 16.3 Å². The number of urea groups is 1. The van der Waals surface area contributed by atoms with Crippen molar-refractivity contribution >= 4 is 29.0 Å². The van der Waals surface area contributed by atoms with Gasteiger partial charge in [0.25, 0.3) is 0 Å². The normalized spacial score (nSPS) is 14.3. The van der Waals surface area contributed by atoms with Gasteiger partial charge in [0.15, 0.2) is 0 Å². The average Bonchev–Trinajstić information content (AvgIpc) is 2.64. The van der Waals surface area contributed by atoms with Crippen molar-refractivity contribution in [2.75, 3.05) is 43.5 Å². The summed E-state index contributed by atoms with van der Waals surface area (Å²) in [5.41, 5.74) is 3.94. The number of nitrogens with one attached hydrogen (secondary N) is 1. The third kappa shape index (κ3) is 4.05. The van der Waals surface area contributed by atoms with Crippen LogP contribution in [0.25, 0.3) is 0 Å². The third-order valence-electron chi connectivity index (χ3n) is 4.68. The first-order valence-electron chi connectivity index (χ1n) is 8.69. The summed E-state index contributed by atoms with van der Waals surface area (Å²) in [7, 11) is 1.60. The van der Waals surface area contributed by atoms with Gasteiger partial charge in [-0.1, -0.05) is 23.7 Å². The minimum atomic E-state index is -0.101. The van der Waals surface area contributed by atoms with Gasteiger partial charge in [-0.2, -0.15) is 0 Å². The quantitative estimate of drug-likeness (QED) is 0.871. The monoisotopic (exact) mass is 373 g/mol. The predicted molar refractivity (Wildman–Crippen MR) is 107 cm³/mol. The van der Waals surface area contributed by atoms with E-state index in [-0.39, 0.29) is 6.03 Å². The van der Waals surface area contributed by atoms with Crippen LogP contribution in [0.1, 0.15) is 11.1 Å². The second-order valence-electron chi connectivity index (χ2n) is 6.54. The zero-order valence-corrected chi connectivity index (χ0v) is 16.1. The lowest BCUT2D eigenvalue weighted by atomic mass is 10.2. The molecule has 1 N–H and O–H groups in total. The van der Waals surface area contributed by atoms with Crippen LogP contribution in [-0.4, -0.2) is 44.2 Å². The highest BCUT2D eigenvalue weighted by atomic mass is 35.5. The Labute approximate surface area is 159 Å². The summed E-state index contributed by atoms with van der Waals surface area (Å²) in [6, 6.07) is 11.7. The summed E-state index contributed by atoms with van der Waals surface area (Å²) >= 11 is 6.23. The number of carbonyl (C=O) groups is 1. The molecule has 2 aromatic rings. The van der Waals surface area contributed by atoms with Gasteiger partial charge >= 0.3 is 6.03 Å². The molecule has 1 saturated heterocycles. The Balaban J connectivity index is 1.62. The summed E-state index contributed by atoms with van der Waals surface area (Å²) in [5, 5.41) is 3.74. The van der Waals surface area contributed by atoms with Crippen molar-refractivity contribution in [1.82, 2.24) is 4.90 Å². The Hall–Kier alpha value is -2.40. The van der Waals surface area contributed by atoms with Crippen LogP contribution < -0.4 is 15.0 Å². The molecule has 5 nitrogen and oxygen atoms in total. The maximum Gasteiger partial charge on any atom is 0.322 e. The highest BCUT2D eigenvalue weighted by Gasteiger charge is 2.22. The van der Waals surface area contributed by atoms with Crippen LogP contribution in [0.3, 0.4) is 0 Å². The highest BCUT2D eigenvalue weighted by Crippen LogP contribution is 2.26. The van der Waals surface area contributed by atoms with Gasteiger partial charge in [0.05, 0.1) is 12.8 Å². The first kappa shape index (κ1) is 18.4. The molecule has 0 unspecified atom stereocenters. The van der Waals surface area contributed by atoms with Gasteiger partial charge in [-0.05, 0) is 49.2 Å². The van der Waals surface area contributed by atoms with Crippen LogP contribution in [-0.2, 0) is 0 Å². The first-order chi connectivity index (χ1) is 12.5. The Morgan fingerprint density at radius 1 is 1.08 bits per heavy atom. The second kappa shape index (κ2) is 7.87. The van der Waals surface area contributed by atoms with Crippen molar-refractivity contribution in [3.05, 3.63) is 52.5 Å². The lowest BCUT2D eigenvalue weighted by Gasteiger charge is -2.36. The predicted octanol–water partition coefficient (Wildman–Crippen LogP) is 4.32. The van der Waals surface area contributed by atoms with E-state index in [1.807, 2.05) is 49.1 Å². The molecule has 0 bridgehead atoms. The third-order valence-corrected chi connectivity index (χ3v) is 5.09. The van der Waals surface area contributed by atoms with E-state index in [0.29, 0.717) is 24.5 Å². The van der Waals surface area contributed by atoms with E-state index in [1.165, 1.54) is 0 Å². The van der Waals surface area contributed by atoms with Crippen LogP contribution in [0.4, 0.5) is 16.2 Å². The van der Waals surface area contributed by atoms with Crippen molar-refractivity contribution in [2.24, 2.45) is 0 Å². The van der Waals surface area contributed by atoms with Crippen molar-refractivity contribution in [2.45, 2.75) is 13.8 Å². The molecule has 1 heterocycles. The van der Waals surface area contributed by atoms with Gasteiger partial charge in [-0.3, -0.25) is 0 Å².